The van der Waals surface area contributed by atoms with Gasteiger partial charge in [-0.1, -0.05) is 18.2 Å². The monoisotopic (exact) mass is 322 g/mol. The summed E-state index contributed by atoms with van der Waals surface area (Å²) in [4.78, 5) is 0. The number of nitrogens with zero attached hydrogens (tertiary/aromatic N) is 2. The van der Waals surface area contributed by atoms with Gasteiger partial charge in [0.1, 0.15) is 0 Å². The Morgan fingerprint density at radius 1 is 1.24 bits per heavy atom. The molecule has 0 bridgehead atoms. The lowest BCUT2D eigenvalue weighted by molar-refractivity contribution is -0.138. The molecule has 1 aromatic rings. The Balaban J connectivity index is 2.47. The summed E-state index contributed by atoms with van der Waals surface area (Å²) in [5.41, 5.74) is -0.746. The van der Waals surface area contributed by atoms with Crippen LogP contribution in [0.4, 0.5) is 13.2 Å². The molecule has 1 fully saturated rings. The predicted molar refractivity (Wildman–Crippen MR) is 72.7 cm³/mol. The van der Waals surface area contributed by atoms with Gasteiger partial charge in [-0.25, -0.2) is 0 Å². The molecule has 0 spiro atoms. The van der Waals surface area contributed by atoms with Crippen LogP contribution in [0.15, 0.2) is 24.3 Å². The molecule has 21 heavy (non-hydrogen) atoms. The van der Waals surface area contributed by atoms with Gasteiger partial charge in [0.15, 0.2) is 0 Å². The summed E-state index contributed by atoms with van der Waals surface area (Å²) in [5, 5.41) is 0. The zero-order chi connectivity index (χ0) is 15.8. The van der Waals surface area contributed by atoms with Crippen molar-refractivity contribution < 1.29 is 21.6 Å². The highest BCUT2D eigenvalue weighted by Crippen LogP contribution is 2.41. The van der Waals surface area contributed by atoms with E-state index in [-0.39, 0.29) is 12.1 Å². The molecule has 1 aromatic carbocycles. The number of alkyl halides is 3. The second-order valence-corrected chi connectivity index (χ2v) is 7.24. The first-order valence-corrected chi connectivity index (χ1v) is 7.91. The minimum Gasteiger partial charge on any atom is -0.195 e. The molecular weight excluding hydrogens is 305 g/mol. The smallest absolute Gasteiger partial charge is 0.195 e. The fourth-order valence-electron chi connectivity index (χ4n) is 2.58. The van der Waals surface area contributed by atoms with E-state index >= 15 is 0 Å². The van der Waals surface area contributed by atoms with Crippen LogP contribution in [0.5, 0.6) is 0 Å². The largest absolute Gasteiger partial charge is 0.416 e. The Morgan fingerprint density at radius 3 is 2.43 bits per heavy atom. The maximum Gasteiger partial charge on any atom is 0.416 e. The number of halogens is 3. The van der Waals surface area contributed by atoms with Gasteiger partial charge in [0.05, 0.1) is 11.6 Å². The van der Waals surface area contributed by atoms with Gasteiger partial charge in [-0.3, -0.25) is 0 Å². The van der Waals surface area contributed by atoms with E-state index in [4.69, 9.17) is 0 Å². The first-order valence-electron chi connectivity index (χ1n) is 6.51. The predicted octanol–water partition coefficient (Wildman–Crippen LogP) is 2.65. The molecule has 0 saturated carbocycles. The lowest BCUT2D eigenvalue weighted by Gasteiger charge is -2.28. The standard InChI is InChI=1S/C13H17F3N2O2S/c1-17(2)21(19,20)18-9-5-8-12(18)10-6-3-4-7-11(10)13(14,15)16/h3-4,6-7,12H,5,8-9H2,1-2H3. The molecule has 118 valence electrons. The highest BCUT2D eigenvalue weighted by molar-refractivity contribution is 7.86. The molecule has 4 nitrogen and oxygen atoms in total. The van der Waals surface area contributed by atoms with Crippen LogP contribution in [0.1, 0.15) is 30.0 Å². The Morgan fingerprint density at radius 2 is 1.86 bits per heavy atom. The van der Waals surface area contributed by atoms with E-state index in [0.717, 1.165) is 14.7 Å². The van der Waals surface area contributed by atoms with Crippen LogP contribution < -0.4 is 0 Å². The van der Waals surface area contributed by atoms with Crippen molar-refractivity contribution in [3.8, 4) is 0 Å². The molecule has 0 N–H and O–H groups in total. The van der Waals surface area contributed by atoms with Crippen molar-refractivity contribution in [2.45, 2.75) is 25.1 Å². The number of hydrogen-bond acceptors (Lipinski definition) is 2. The first-order chi connectivity index (χ1) is 9.65. The van der Waals surface area contributed by atoms with Gasteiger partial charge in [-0.15, -0.1) is 0 Å². The molecule has 0 amide bonds. The van der Waals surface area contributed by atoms with Crippen LogP contribution in [0.25, 0.3) is 0 Å². The van der Waals surface area contributed by atoms with Crippen molar-refractivity contribution in [2.75, 3.05) is 20.6 Å². The van der Waals surface area contributed by atoms with Crippen LogP contribution in [0.3, 0.4) is 0 Å². The summed E-state index contributed by atoms with van der Waals surface area (Å²) >= 11 is 0. The summed E-state index contributed by atoms with van der Waals surface area (Å²) < 4.78 is 66.0. The van der Waals surface area contributed by atoms with Gasteiger partial charge in [0, 0.05) is 20.6 Å². The fourth-order valence-corrected chi connectivity index (χ4v) is 3.90. The Kier molecular flexibility index (Phi) is 4.32. The highest BCUT2D eigenvalue weighted by Gasteiger charge is 2.41. The zero-order valence-electron chi connectivity index (χ0n) is 11.8. The quantitative estimate of drug-likeness (QED) is 0.858. The van der Waals surface area contributed by atoms with Crippen molar-refractivity contribution in [1.82, 2.24) is 8.61 Å². The van der Waals surface area contributed by atoms with Crippen LogP contribution in [0.2, 0.25) is 0 Å². The Hall–Kier alpha value is -1.12. The maximum atomic E-state index is 13.1. The molecule has 0 aromatic heterocycles. The Bertz CT molecular complexity index is 614. The van der Waals surface area contributed by atoms with E-state index in [1.807, 2.05) is 0 Å². The van der Waals surface area contributed by atoms with Crippen LogP contribution in [-0.4, -0.2) is 37.7 Å². The van der Waals surface area contributed by atoms with Crippen molar-refractivity contribution in [3.63, 3.8) is 0 Å². The van der Waals surface area contributed by atoms with Crippen molar-refractivity contribution in [2.24, 2.45) is 0 Å². The summed E-state index contributed by atoms with van der Waals surface area (Å²) in [5.74, 6) is 0. The average Bonchev–Trinajstić information content (AvgIpc) is 2.87. The molecule has 2 rings (SSSR count). The molecular formula is C13H17F3N2O2S. The molecule has 1 heterocycles. The van der Waals surface area contributed by atoms with Crippen LogP contribution >= 0.6 is 0 Å². The SMILES string of the molecule is CN(C)S(=O)(=O)N1CCCC1c1ccccc1C(F)(F)F. The highest BCUT2D eigenvalue weighted by atomic mass is 32.2. The minimum atomic E-state index is -4.49. The molecule has 1 unspecified atom stereocenters. The zero-order valence-corrected chi connectivity index (χ0v) is 12.6. The average molecular weight is 322 g/mol. The number of rotatable bonds is 3. The first kappa shape index (κ1) is 16.3. The summed E-state index contributed by atoms with van der Waals surface area (Å²) in [7, 11) is -0.986. The van der Waals surface area contributed by atoms with Crippen molar-refractivity contribution in [3.05, 3.63) is 35.4 Å². The minimum absolute atomic E-state index is 0.0212. The third-order valence-corrected chi connectivity index (χ3v) is 5.54. The molecule has 1 aliphatic heterocycles. The van der Waals surface area contributed by atoms with Gasteiger partial charge in [0.25, 0.3) is 10.2 Å². The fraction of sp³-hybridized carbons (Fsp3) is 0.538. The summed E-state index contributed by atoms with van der Waals surface area (Å²) in [6.45, 7) is 0.234. The van der Waals surface area contributed by atoms with Gasteiger partial charge in [0.2, 0.25) is 0 Å². The van der Waals surface area contributed by atoms with Gasteiger partial charge < -0.3 is 0 Å². The second-order valence-electron chi connectivity index (χ2n) is 5.14. The van der Waals surface area contributed by atoms with Gasteiger partial charge in [-0.2, -0.15) is 30.2 Å². The van der Waals surface area contributed by atoms with E-state index < -0.39 is 28.0 Å². The summed E-state index contributed by atoms with van der Waals surface area (Å²) in [6.07, 6.45) is -3.56. The second kappa shape index (κ2) is 5.58. The van der Waals surface area contributed by atoms with E-state index in [2.05, 4.69) is 0 Å². The summed E-state index contributed by atoms with van der Waals surface area (Å²) in [6, 6.07) is 4.40. The number of benzene rings is 1. The molecule has 1 saturated heterocycles. The third kappa shape index (κ3) is 3.07. The molecule has 0 radical (unpaired) electrons. The molecule has 0 aliphatic carbocycles. The topological polar surface area (TPSA) is 40.6 Å². The van der Waals surface area contributed by atoms with E-state index in [1.54, 1.807) is 0 Å². The van der Waals surface area contributed by atoms with E-state index in [0.29, 0.717) is 12.8 Å². The normalized spacial score (nSPS) is 21.1. The Labute approximate surface area is 122 Å². The van der Waals surface area contributed by atoms with Gasteiger partial charge >= 0.3 is 6.18 Å². The maximum absolute atomic E-state index is 13.1. The lowest BCUT2D eigenvalue weighted by atomic mass is 9.99. The van der Waals surface area contributed by atoms with Crippen LogP contribution in [-0.2, 0) is 16.4 Å². The van der Waals surface area contributed by atoms with E-state index in [1.165, 1.54) is 32.3 Å². The van der Waals surface area contributed by atoms with Crippen LogP contribution in [0, 0.1) is 0 Å². The molecule has 1 aliphatic rings. The van der Waals surface area contributed by atoms with Crippen molar-refractivity contribution >= 4 is 10.2 Å². The van der Waals surface area contributed by atoms with E-state index in [9.17, 15) is 21.6 Å². The van der Waals surface area contributed by atoms with Crippen molar-refractivity contribution in [1.29, 1.82) is 0 Å². The molecule has 1 atom stereocenters. The molecule has 8 heteroatoms. The lowest BCUT2D eigenvalue weighted by Crippen LogP contribution is -2.39. The third-order valence-electron chi connectivity index (χ3n) is 3.59. The number of hydrogen-bond donors (Lipinski definition) is 0. The van der Waals surface area contributed by atoms with Gasteiger partial charge in [-0.05, 0) is 24.5 Å².